The number of hydrogen-bond acceptors (Lipinski definition) is 3. The van der Waals surface area contributed by atoms with E-state index in [1.807, 2.05) is 0 Å². The number of aliphatic imine (C=N–C) groups is 1. The maximum absolute atomic E-state index is 5.96. The van der Waals surface area contributed by atoms with E-state index in [0.717, 1.165) is 51.8 Å². The Kier molecular flexibility index (Phi) is 6.03. The second-order valence-corrected chi connectivity index (χ2v) is 8.37. The Hall–Kier alpha value is -0.810. The van der Waals surface area contributed by atoms with Gasteiger partial charge in [0.15, 0.2) is 5.96 Å². The molecule has 1 aliphatic carbocycles. The van der Waals surface area contributed by atoms with E-state index in [1.165, 1.54) is 32.2 Å². The molecule has 3 aliphatic rings. The lowest BCUT2D eigenvalue weighted by atomic mass is 9.68. The Bertz CT molecular complexity index is 433. The lowest BCUT2D eigenvalue weighted by Gasteiger charge is -2.38. The molecular formula is C19H36N4O. The van der Waals surface area contributed by atoms with Crippen LogP contribution in [-0.4, -0.2) is 74.3 Å². The average Bonchev–Trinajstić information content (AvgIpc) is 2.97. The topological polar surface area (TPSA) is 40.1 Å². The molecule has 138 valence electrons. The molecule has 1 saturated carbocycles. The van der Waals surface area contributed by atoms with Gasteiger partial charge in [-0.05, 0) is 37.5 Å². The van der Waals surface area contributed by atoms with Gasteiger partial charge in [0, 0.05) is 39.3 Å². The number of nitrogens with one attached hydrogen (secondary N) is 1. The van der Waals surface area contributed by atoms with Gasteiger partial charge in [-0.2, -0.15) is 0 Å². The Balaban J connectivity index is 1.53. The van der Waals surface area contributed by atoms with Crippen molar-refractivity contribution < 1.29 is 4.74 Å². The van der Waals surface area contributed by atoms with Crippen LogP contribution in [0.1, 0.15) is 46.5 Å². The molecule has 0 amide bonds. The first kappa shape index (κ1) is 18.0. The van der Waals surface area contributed by atoms with Gasteiger partial charge in [0.05, 0.1) is 19.3 Å². The summed E-state index contributed by atoms with van der Waals surface area (Å²) < 4.78 is 5.96. The van der Waals surface area contributed by atoms with E-state index in [4.69, 9.17) is 9.73 Å². The molecule has 0 aromatic rings. The Morgan fingerprint density at radius 3 is 2.75 bits per heavy atom. The highest BCUT2D eigenvalue weighted by molar-refractivity contribution is 5.80. The average molecular weight is 337 g/mol. The highest BCUT2D eigenvalue weighted by atomic mass is 16.5. The molecule has 0 aromatic heterocycles. The minimum Gasteiger partial charge on any atom is -0.374 e. The van der Waals surface area contributed by atoms with Crippen molar-refractivity contribution in [2.75, 3.05) is 52.4 Å². The molecule has 2 aliphatic heterocycles. The van der Waals surface area contributed by atoms with Gasteiger partial charge in [0.25, 0.3) is 0 Å². The van der Waals surface area contributed by atoms with Crippen molar-refractivity contribution in [1.29, 1.82) is 0 Å². The third kappa shape index (κ3) is 4.42. The normalized spacial score (nSPS) is 27.8. The maximum Gasteiger partial charge on any atom is 0.194 e. The van der Waals surface area contributed by atoms with Crippen LogP contribution in [0.25, 0.3) is 0 Å². The minimum atomic E-state index is 0.242. The van der Waals surface area contributed by atoms with E-state index in [1.54, 1.807) is 0 Å². The minimum absolute atomic E-state index is 0.242. The van der Waals surface area contributed by atoms with Crippen molar-refractivity contribution in [1.82, 2.24) is 15.1 Å². The van der Waals surface area contributed by atoms with Gasteiger partial charge in [-0.15, -0.1) is 0 Å². The summed E-state index contributed by atoms with van der Waals surface area (Å²) in [6.07, 6.45) is 5.84. The first-order chi connectivity index (χ1) is 11.6. The Morgan fingerprint density at radius 1 is 1.29 bits per heavy atom. The number of hydrogen-bond donors (Lipinski definition) is 1. The molecule has 0 aromatic carbocycles. The van der Waals surface area contributed by atoms with Gasteiger partial charge in [-0.3, -0.25) is 9.89 Å². The first-order valence-corrected chi connectivity index (χ1v) is 9.97. The van der Waals surface area contributed by atoms with Gasteiger partial charge in [-0.1, -0.05) is 20.3 Å². The molecule has 24 heavy (non-hydrogen) atoms. The number of morpholine rings is 1. The van der Waals surface area contributed by atoms with Crippen LogP contribution in [0.4, 0.5) is 0 Å². The predicted molar refractivity (Wildman–Crippen MR) is 99.5 cm³/mol. The molecule has 0 bridgehead atoms. The third-order valence-corrected chi connectivity index (χ3v) is 5.78. The zero-order valence-corrected chi connectivity index (χ0v) is 15.9. The second-order valence-electron chi connectivity index (χ2n) is 8.37. The highest BCUT2D eigenvalue weighted by Crippen LogP contribution is 2.47. The molecule has 5 nitrogen and oxygen atoms in total. The molecule has 1 N–H and O–H groups in total. The molecular weight excluding hydrogens is 300 g/mol. The zero-order valence-electron chi connectivity index (χ0n) is 15.9. The Labute approximate surface area is 147 Å². The molecule has 3 fully saturated rings. The lowest BCUT2D eigenvalue weighted by molar-refractivity contribution is -0.0262. The van der Waals surface area contributed by atoms with Gasteiger partial charge >= 0.3 is 0 Å². The van der Waals surface area contributed by atoms with Crippen LogP contribution in [0.5, 0.6) is 0 Å². The van der Waals surface area contributed by atoms with E-state index >= 15 is 0 Å². The predicted octanol–water partition coefficient (Wildman–Crippen LogP) is 2.18. The standard InChI is InChI=1S/C19H36N4O/c1-4-20-18(23-9-8-19(15-23)6-5-7-19)21-12-17-14-22(10-11-24-17)13-16(2)3/h16-17H,4-15H2,1-3H3,(H,20,21). The molecule has 5 heteroatoms. The molecule has 0 radical (unpaired) electrons. The lowest BCUT2D eigenvalue weighted by Crippen LogP contribution is -2.46. The van der Waals surface area contributed by atoms with Crippen LogP contribution in [-0.2, 0) is 4.74 Å². The Morgan fingerprint density at radius 2 is 2.12 bits per heavy atom. The van der Waals surface area contributed by atoms with Crippen LogP contribution in [0.2, 0.25) is 0 Å². The summed E-state index contributed by atoms with van der Waals surface area (Å²) >= 11 is 0. The molecule has 1 unspecified atom stereocenters. The molecule has 1 spiro atoms. The number of rotatable bonds is 5. The fourth-order valence-corrected chi connectivity index (χ4v) is 4.39. The van der Waals surface area contributed by atoms with Crippen LogP contribution in [0.3, 0.4) is 0 Å². The summed E-state index contributed by atoms with van der Waals surface area (Å²) in [5.41, 5.74) is 0.617. The SMILES string of the molecule is CCNC(=NCC1CN(CC(C)C)CCO1)N1CCC2(CCC2)C1. The van der Waals surface area contributed by atoms with Crippen LogP contribution < -0.4 is 5.32 Å². The molecule has 1 atom stereocenters. The van der Waals surface area contributed by atoms with Gasteiger partial charge < -0.3 is 15.0 Å². The number of ether oxygens (including phenoxy) is 1. The second kappa shape index (κ2) is 8.05. The summed E-state index contributed by atoms with van der Waals surface area (Å²) in [4.78, 5) is 9.95. The smallest absolute Gasteiger partial charge is 0.194 e. The van der Waals surface area contributed by atoms with Gasteiger partial charge in [0.1, 0.15) is 0 Å². The fourth-order valence-electron chi connectivity index (χ4n) is 4.39. The van der Waals surface area contributed by atoms with Crippen molar-refractivity contribution in [2.45, 2.75) is 52.6 Å². The summed E-state index contributed by atoms with van der Waals surface area (Å²) in [6, 6.07) is 0. The molecule has 3 rings (SSSR count). The van der Waals surface area contributed by atoms with Crippen molar-refractivity contribution >= 4 is 5.96 Å². The highest BCUT2D eigenvalue weighted by Gasteiger charge is 2.43. The van der Waals surface area contributed by atoms with Crippen molar-refractivity contribution in [3.63, 3.8) is 0 Å². The quantitative estimate of drug-likeness (QED) is 0.617. The summed E-state index contributed by atoms with van der Waals surface area (Å²) in [5.74, 6) is 1.82. The van der Waals surface area contributed by atoms with E-state index in [2.05, 4.69) is 35.9 Å². The van der Waals surface area contributed by atoms with E-state index in [9.17, 15) is 0 Å². The summed E-state index contributed by atoms with van der Waals surface area (Å²) in [5, 5.41) is 3.50. The van der Waals surface area contributed by atoms with E-state index in [0.29, 0.717) is 11.3 Å². The zero-order chi connectivity index (χ0) is 17.0. The largest absolute Gasteiger partial charge is 0.374 e. The maximum atomic E-state index is 5.96. The molecule has 2 saturated heterocycles. The van der Waals surface area contributed by atoms with Crippen molar-refractivity contribution in [3.05, 3.63) is 0 Å². The number of likely N-dealkylation sites (tertiary alicyclic amines) is 1. The molecule has 2 heterocycles. The van der Waals surface area contributed by atoms with E-state index in [-0.39, 0.29) is 6.10 Å². The first-order valence-electron chi connectivity index (χ1n) is 9.97. The monoisotopic (exact) mass is 336 g/mol. The fraction of sp³-hybridized carbons (Fsp3) is 0.947. The van der Waals surface area contributed by atoms with Crippen molar-refractivity contribution in [2.24, 2.45) is 16.3 Å². The van der Waals surface area contributed by atoms with Crippen LogP contribution in [0.15, 0.2) is 4.99 Å². The number of nitrogens with zero attached hydrogens (tertiary/aromatic N) is 3. The van der Waals surface area contributed by atoms with Gasteiger partial charge in [-0.25, -0.2) is 0 Å². The summed E-state index contributed by atoms with van der Waals surface area (Å²) in [6.45, 7) is 14.9. The number of guanidine groups is 1. The van der Waals surface area contributed by atoms with Crippen LogP contribution >= 0.6 is 0 Å². The summed E-state index contributed by atoms with van der Waals surface area (Å²) in [7, 11) is 0. The van der Waals surface area contributed by atoms with E-state index < -0.39 is 0 Å². The van der Waals surface area contributed by atoms with Gasteiger partial charge in [0.2, 0.25) is 0 Å². The third-order valence-electron chi connectivity index (χ3n) is 5.78. The van der Waals surface area contributed by atoms with Crippen molar-refractivity contribution in [3.8, 4) is 0 Å². The van der Waals surface area contributed by atoms with Crippen LogP contribution in [0, 0.1) is 11.3 Å².